The maximum absolute atomic E-state index is 9.33. The zero-order chi connectivity index (χ0) is 11.4. The summed E-state index contributed by atoms with van der Waals surface area (Å²) in [5.41, 5.74) is 2.22. The topological polar surface area (TPSA) is 35.5 Å². The molecule has 3 nitrogen and oxygen atoms in total. The van der Waals surface area contributed by atoms with Gasteiger partial charge in [-0.15, -0.1) is 0 Å². The maximum atomic E-state index is 9.33. The van der Waals surface area contributed by atoms with E-state index in [-0.39, 0.29) is 0 Å². The minimum Gasteiger partial charge on any atom is -0.382 e. The number of piperazine rings is 1. The lowest BCUT2D eigenvalue weighted by Crippen LogP contribution is -2.42. The predicted molar refractivity (Wildman–Crippen MR) is 64.5 cm³/mol. The molecular weight excluding hydrogens is 200 g/mol. The molecule has 2 N–H and O–H groups in total. The van der Waals surface area contributed by atoms with Gasteiger partial charge in [0.05, 0.1) is 0 Å². The first-order chi connectivity index (χ1) is 7.75. The predicted octanol–water partition coefficient (Wildman–Crippen LogP) is 1.36. The molecule has 0 spiro atoms. The Balaban J connectivity index is 1.93. The third-order valence-electron chi connectivity index (χ3n) is 2.99. The van der Waals surface area contributed by atoms with Gasteiger partial charge in [0.2, 0.25) is 0 Å². The van der Waals surface area contributed by atoms with Crippen LogP contribution in [0.2, 0.25) is 0 Å². The van der Waals surface area contributed by atoms with Crippen molar-refractivity contribution in [2.24, 2.45) is 0 Å². The van der Waals surface area contributed by atoms with Crippen molar-refractivity contribution in [2.45, 2.75) is 13.5 Å². The summed E-state index contributed by atoms with van der Waals surface area (Å²) in [4.78, 5) is 2.45. The van der Waals surface area contributed by atoms with Crippen LogP contribution in [-0.2, 0) is 6.54 Å². The second kappa shape index (κ2) is 5.43. The third-order valence-corrected chi connectivity index (χ3v) is 2.99. The summed E-state index contributed by atoms with van der Waals surface area (Å²) in [7, 11) is 0. The Hall–Kier alpha value is -0.900. The van der Waals surface area contributed by atoms with Crippen LogP contribution in [0.5, 0.6) is 0 Å². The average Bonchev–Trinajstić information content (AvgIpc) is 2.31. The molecular formula is C13H19N2O. The van der Waals surface area contributed by atoms with Crippen LogP contribution in [0.3, 0.4) is 0 Å². The van der Waals surface area contributed by atoms with E-state index in [1.807, 2.05) is 12.1 Å². The monoisotopic (exact) mass is 219 g/mol. The van der Waals surface area contributed by atoms with Crippen molar-refractivity contribution in [2.75, 3.05) is 26.2 Å². The van der Waals surface area contributed by atoms with Crippen LogP contribution in [0.25, 0.3) is 0 Å². The molecule has 0 atom stereocenters. The van der Waals surface area contributed by atoms with Gasteiger partial charge in [-0.2, -0.15) is 0 Å². The first-order valence-corrected chi connectivity index (χ1v) is 5.80. The van der Waals surface area contributed by atoms with E-state index < -0.39 is 0 Å². The fourth-order valence-corrected chi connectivity index (χ4v) is 1.98. The van der Waals surface area contributed by atoms with Gasteiger partial charge in [0, 0.05) is 32.7 Å². The van der Waals surface area contributed by atoms with Crippen LogP contribution in [-0.4, -0.2) is 36.2 Å². The minimum atomic E-state index is 0.383. The second-order valence-electron chi connectivity index (χ2n) is 4.31. The van der Waals surface area contributed by atoms with Gasteiger partial charge in [-0.25, -0.2) is 0 Å². The fraction of sp³-hybridized carbons (Fsp3) is 0.462. The van der Waals surface area contributed by atoms with E-state index in [4.69, 9.17) is 0 Å². The molecule has 1 fully saturated rings. The van der Waals surface area contributed by atoms with E-state index in [0.29, 0.717) is 6.10 Å². The van der Waals surface area contributed by atoms with E-state index in [1.165, 1.54) is 5.56 Å². The highest BCUT2D eigenvalue weighted by Crippen LogP contribution is 2.13. The molecule has 0 amide bonds. The van der Waals surface area contributed by atoms with Crippen molar-refractivity contribution >= 4 is 0 Å². The van der Waals surface area contributed by atoms with E-state index >= 15 is 0 Å². The van der Waals surface area contributed by atoms with Crippen LogP contribution in [0.15, 0.2) is 24.3 Å². The second-order valence-corrected chi connectivity index (χ2v) is 4.31. The first kappa shape index (κ1) is 11.6. The van der Waals surface area contributed by atoms with Crippen molar-refractivity contribution < 1.29 is 5.11 Å². The number of nitrogens with one attached hydrogen (secondary N) is 1. The van der Waals surface area contributed by atoms with Crippen LogP contribution < -0.4 is 5.32 Å². The number of aliphatic hydroxyl groups excluding tert-OH is 1. The number of nitrogens with zero attached hydrogens (tertiary/aromatic N) is 1. The number of rotatable bonds is 3. The van der Waals surface area contributed by atoms with Gasteiger partial charge in [0.1, 0.15) is 6.10 Å². The van der Waals surface area contributed by atoms with Gasteiger partial charge in [0.15, 0.2) is 0 Å². The molecule has 1 saturated heterocycles. The molecule has 87 valence electrons. The van der Waals surface area contributed by atoms with Crippen molar-refractivity contribution in [3.8, 4) is 0 Å². The van der Waals surface area contributed by atoms with E-state index in [1.54, 1.807) is 6.92 Å². The quantitative estimate of drug-likeness (QED) is 0.806. The molecule has 0 bridgehead atoms. The molecule has 1 radical (unpaired) electrons. The molecule has 0 saturated carbocycles. The summed E-state index contributed by atoms with van der Waals surface area (Å²) in [5.74, 6) is 0. The summed E-state index contributed by atoms with van der Waals surface area (Å²) in [5, 5.41) is 12.7. The largest absolute Gasteiger partial charge is 0.382 e. The van der Waals surface area contributed by atoms with Crippen molar-refractivity contribution in [3.63, 3.8) is 0 Å². The van der Waals surface area contributed by atoms with Crippen LogP contribution in [0.4, 0.5) is 0 Å². The van der Waals surface area contributed by atoms with Gasteiger partial charge in [-0.3, -0.25) is 4.90 Å². The highest BCUT2D eigenvalue weighted by molar-refractivity contribution is 5.29. The summed E-state index contributed by atoms with van der Waals surface area (Å²) in [6.45, 7) is 7.13. The molecule has 0 unspecified atom stereocenters. The molecule has 16 heavy (non-hydrogen) atoms. The van der Waals surface area contributed by atoms with Gasteiger partial charge >= 0.3 is 0 Å². The Labute approximate surface area is 97.1 Å². The van der Waals surface area contributed by atoms with Gasteiger partial charge < -0.3 is 10.4 Å². The number of hydrogen-bond acceptors (Lipinski definition) is 3. The van der Waals surface area contributed by atoms with Crippen molar-refractivity contribution in [1.29, 1.82) is 0 Å². The lowest BCUT2D eigenvalue weighted by Gasteiger charge is -2.27. The Morgan fingerprint density at radius 1 is 1.25 bits per heavy atom. The van der Waals surface area contributed by atoms with E-state index in [9.17, 15) is 5.11 Å². The van der Waals surface area contributed by atoms with Crippen LogP contribution in [0.1, 0.15) is 18.1 Å². The zero-order valence-corrected chi connectivity index (χ0v) is 9.74. The van der Waals surface area contributed by atoms with Crippen LogP contribution in [0, 0.1) is 6.10 Å². The smallest absolute Gasteiger partial charge is 0.119 e. The first-order valence-electron chi connectivity index (χ1n) is 5.80. The average molecular weight is 219 g/mol. The molecule has 1 aliphatic rings. The van der Waals surface area contributed by atoms with Crippen LogP contribution >= 0.6 is 0 Å². The number of benzene rings is 1. The standard InChI is InChI=1S/C13H19N2O/c1-11(16)13-4-2-12(3-5-13)10-15-8-6-14-7-9-15/h2-5,14,16H,6-10H2,1H3. The number of aliphatic hydroxyl groups is 1. The Morgan fingerprint density at radius 2 is 1.88 bits per heavy atom. The highest BCUT2D eigenvalue weighted by atomic mass is 16.3. The Kier molecular flexibility index (Phi) is 3.93. The zero-order valence-electron chi connectivity index (χ0n) is 9.74. The van der Waals surface area contributed by atoms with E-state index in [0.717, 1.165) is 38.3 Å². The SMILES string of the molecule is C[C](O)c1ccc(CN2CCNCC2)cc1. The maximum Gasteiger partial charge on any atom is 0.119 e. The minimum absolute atomic E-state index is 0.383. The Morgan fingerprint density at radius 3 is 2.44 bits per heavy atom. The summed E-state index contributed by atoms with van der Waals surface area (Å²) < 4.78 is 0. The molecule has 0 aromatic heterocycles. The van der Waals surface area contributed by atoms with Gasteiger partial charge in [-0.1, -0.05) is 24.3 Å². The van der Waals surface area contributed by atoms with E-state index in [2.05, 4.69) is 22.3 Å². The molecule has 1 aromatic carbocycles. The molecule has 0 aliphatic carbocycles. The van der Waals surface area contributed by atoms with Crippen molar-refractivity contribution in [3.05, 3.63) is 41.5 Å². The normalized spacial score (nSPS) is 17.9. The number of hydrogen-bond donors (Lipinski definition) is 2. The molecule has 2 rings (SSSR count). The molecule has 3 heteroatoms. The third kappa shape index (κ3) is 3.04. The molecule has 1 aromatic rings. The lowest BCUT2D eigenvalue weighted by molar-refractivity contribution is 0.233. The lowest BCUT2D eigenvalue weighted by atomic mass is 10.1. The summed E-state index contributed by atoms with van der Waals surface area (Å²) in [6, 6.07) is 8.15. The highest BCUT2D eigenvalue weighted by Gasteiger charge is 2.09. The van der Waals surface area contributed by atoms with Crippen molar-refractivity contribution in [1.82, 2.24) is 10.2 Å². The summed E-state index contributed by atoms with van der Waals surface area (Å²) >= 11 is 0. The summed E-state index contributed by atoms with van der Waals surface area (Å²) in [6.07, 6.45) is 0.383. The Bertz CT molecular complexity index is 315. The van der Waals surface area contributed by atoms with Gasteiger partial charge in [0.25, 0.3) is 0 Å². The molecule has 1 heterocycles. The fourth-order valence-electron chi connectivity index (χ4n) is 1.98. The van der Waals surface area contributed by atoms with Gasteiger partial charge in [-0.05, 0) is 18.1 Å². The molecule has 1 aliphatic heterocycles.